The summed E-state index contributed by atoms with van der Waals surface area (Å²) in [6.07, 6.45) is 1.87. The second-order valence-corrected chi connectivity index (χ2v) is 8.14. The Morgan fingerprint density at radius 3 is 2.59 bits per heavy atom. The molecule has 0 bridgehead atoms. The molecule has 0 atom stereocenters. The molecule has 1 fully saturated rings. The van der Waals surface area contributed by atoms with E-state index >= 15 is 0 Å². The molecule has 3 aromatic heterocycles. The van der Waals surface area contributed by atoms with E-state index in [1.54, 1.807) is 11.3 Å². The van der Waals surface area contributed by atoms with E-state index in [9.17, 15) is 0 Å². The van der Waals surface area contributed by atoms with Crippen LogP contribution in [-0.4, -0.2) is 48.1 Å². The number of fused-ring (bicyclic) bond motifs is 3. The van der Waals surface area contributed by atoms with Crippen LogP contribution in [0.1, 0.15) is 5.56 Å². The predicted octanol–water partition coefficient (Wildman–Crippen LogP) is 4.57. The van der Waals surface area contributed by atoms with E-state index in [2.05, 4.69) is 59.5 Å². The summed E-state index contributed by atoms with van der Waals surface area (Å²) in [5, 5.41) is 3.52. The lowest BCUT2D eigenvalue weighted by atomic mass is 9.99. The molecule has 0 amide bonds. The van der Waals surface area contributed by atoms with E-state index < -0.39 is 0 Å². The molecule has 5 rings (SSSR count). The number of hydrogen-bond donors (Lipinski definition) is 0. The number of hydrogen-bond acceptors (Lipinski definition) is 5. The Labute approximate surface area is 163 Å². The van der Waals surface area contributed by atoms with E-state index in [0.29, 0.717) is 0 Å². The summed E-state index contributed by atoms with van der Waals surface area (Å²) in [6, 6.07) is 12.7. The number of likely N-dealkylation sites (N-methyl/N-ethyl adjacent to an activating group) is 1. The fraction of sp³-hybridized carbons (Fsp3) is 0.273. The molecule has 0 unspecified atom stereocenters. The van der Waals surface area contributed by atoms with Gasteiger partial charge in [0.25, 0.3) is 0 Å². The molecule has 4 nitrogen and oxygen atoms in total. The van der Waals surface area contributed by atoms with Crippen LogP contribution in [0.3, 0.4) is 0 Å². The molecule has 0 N–H and O–H groups in total. The van der Waals surface area contributed by atoms with E-state index in [4.69, 9.17) is 9.97 Å². The van der Waals surface area contributed by atoms with Gasteiger partial charge in [-0.1, -0.05) is 24.3 Å². The van der Waals surface area contributed by atoms with Crippen molar-refractivity contribution in [1.82, 2.24) is 14.9 Å². The summed E-state index contributed by atoms with van der Waals surface area (Å²) >= 11 is 1.80. The lowest BCUT2D eigenvalue weighted by Gasteiger charge is -2.33. The normalized spacial score (nSPS) is 15.7. The van der Waals surface area contributed by atoms with Crippen LogP contribution in [0.4, 0.5) is 5.82 Å². The Kier molecular flexibility index (Phi) is 4.06. The molecular formula is C22H22N4S. The molecule has 5 heteroatoms. The van der Waals surface area contributed by atoms with Crippen molar-refractivity contribution in [2.24, 2.45) is 0 Å². The number of nitrogens with zero attached hydrogens (tertiary/aromatic N) is 4. The predicted molar refractivity (Wildman–Crippen MR) is 115 cm³/mol. The summed E-state index contributed by atoms with van der Waals surface area (Å²) in [6.45, 7) is 6.36. The highest BCUT2D eigenvalue weighted by atomic mass is 32.1. The van der Waals surface area contributed by atoms with Crippen LogP contribution in [-0.2, 0) is 0 Å². The van der Waals surface area contributed by atoms with Crippen molar-refractivity contribution in [3.63, 3.8) is 0 Å². The number of benzene rings is 1. The van der Waals surface area contributed by atoms with Gasteiger partial charge in [-0.25, -0.2) is 4.98 Å². The summed E-state index contributed by atoms with van der Waals surface area (Å²) in [5.74, 6) is 1.11. The third-order valence-corrected chi connectivity index (χ3v) is 6.46. The minimum atomic E-state index is 0.979. The molecule has 136 valence electrons. The van der Waals surface area contributed by atoms with Crippen LogP contribution in [0.25, 0.3) is 32.2 Å². The first-order valence-corrected chi connectivity index (χ1v) is 10.3. The third-order valence-electron chi connectivity index (χ3n) is 5.48. The molecule has 4 heterocycles. The van der Waals surface area contributed by atoms with Crippen molar-refractivity contribution in [3.05, 3.63) is 53.5 Å². The molecule has 0 saturated carbocycles. The van der Waals surface area contributed by atoms with Crippen LogP contribution >= 0.6 is 11.3 Å². The molecule has 0 radical (unpaired) electrons. The van der Waals surface area contributed by atoms with E-state index in [1.807, 2.05) is 12.3 Å². The smallest absolute Gasteiger partial charge is 0.147 e. The SMILES string of the molecule is Cc1ccccc1-c1csc2c(N3CCN(C)CC3)nc3cccnc3c12. The lowest BCUT2D eigenvalue weighted by molar-refractivity contribution is 0.312. The molecule has 1 aliphatic rings. The van der Waals surface area contributed by atoms with Crippen molar-refractivity contribution in [2.45, 2.75) is 6.92 Å². The number of pyridine rings is 2. The van der Waals surface area contributed by atoms with Crippen LogP contribution < -0.4 is 4.90 Å². The summed E-state index contributed by atoms with van der Waals surface area (Å²) < 4.78 is 1.25. The highest BCUT2D eigenvalue weighted by Gasteiger charge is 2.22. The van der Waals surface area contributed by atoms with Gasteiger partial charge in [-0.3, -0.25) is 4.98 Å². The quantitative estimate of drug-likeness (QED) is 0.514. The molecule has 0 spiro atoms. The number of aryl methyl sites for hydroxylation is 1. The van der Waals surface area contributed by atoms with E-state index in [1.165, 1.54) is 26.8 Å². The van der Waals surface area contributed by atoms with E-state index in [0.717, 1.165) is 43.0 Å². The standard InChI is InChI=1S/C22H22N4S/c1-15-6-3-4-7-16(15)17-14-27-21-19(17)20-18(8-5-9-23-20)24-22(21)26-12-10-25(2)11-13-26/h3-9,14H,10-13H2,1-2H3. The van der Waals surface area contributed by atoms with Gasteiger partial charge in [-0.2, -0.15) is 0 Å². The molecule has 1 aromatic carbocycles. The fourth-order valence-electron chi connectivity index (χ4n) is 3.91. The maximum atomic E-state index is 5.04. The zero-order chi connectivity index (χ0) is 18.4. The molecule has 1 saturated heterocycles. The molecule has 1 aliphatic heterocycles. The number of piperazine rings is 1. The zero-order valence-electron chi connectivity index (χ0n) is 15.6. The summed E-state index contributed by atoms with van der Waals surface area (Å²) in [7, 11) is 2.19. The third kappa shape index (κ3) is 2.78. The first-order chi connectivity index (χ1) is 13.2. The second kappa shape index (κ2) is 6.59. The Bertz CT molecular complexity index is 1130. The number of thiophene rings is 1. The first-order valence-electron chi connectivity index (χ1n) is 9.38. The monoisotopic (exact) mass is 374 g/mol. The first kappa shape index (κ1) is 16.7. The maximum absolute atomic E-state index is 5.04. The van der Waals surface area contributed by atoms with Gasteiger partial charge in [-0.15, -0.1) is 11.3 Å². The van der Waals surface area contributed by atoms with Gasteiger partial charge in [0, 0.05) is 48.7 Å². The number of aromatic nitrogens is 2. The van der Waals surface area contributed by atoms with Crippen LogP contribution in [0, 0.1) is 6.92 Å². The van der Waals surface area contributed by atoms with Gasteiger partial charge in [0.05, 0.1) is 15.7 Å². The summed E-state index contributed by atoms with van der Waals surface area (Å²) in [4.78, 5) is 14.6. The molecule has 27 heavy (non-hydrogen) atoms. The van der Waals surface area contributed by atoms with Crippen molar-refractivity contribution in [3.8, 4) is 11.1 Å². The van der Waals surface area contributed by atoms with Crippen LogP contribution in [0.2, 0.25) is 0 Å². The van der Waals surface area contributed by atoms with Gasteiger partial charge in [0.2, 0.25) is 0 Å². The fourth-order valence-corrected chi connectivity index (χ4v) is 4.99. The second-order valence-electron chi connectivity index (χ2n) is 7.27. The van der Waals surface area contributed by atoms with Crippen molar-refractivity contribution in [2.75, 3.05) is 38.1 Å². The highest BCUT2D eigenvalue weighted by Crippen LogP contribution is 2.42. The van der Waals surface area contributed by atoms with Crippen LogP contribution in [0.15, 0.2) is 48.0 Å². The van der Waals surface area contributed by atoms with Crippen molar-refractivity contribution < 1.29 is 0 Å². The van der Waals surface area contributed by atoms with E-state index in [-0.39, 0.29) is 0 Å². The number of anilines is 1. The topological polar surface area (TPSA) is 32.3 Å². The van der Waals surface area contributed by atoms with Crippen molar-refractivity contribution in [1.29, 1.82) is 0 Å². The highest BCUT2D eigenvalue weighted by molar-refractivity contribution is 7.18. The minimum Gasteiger partial charge on any atom is -0.353 e. The molecular weight excluding hydrogens is 352 g/mol. The average molecular weight is 375 g/mol. The zero-order valence-corrected chi connectivity index (χ0v) is 16.5. The van der Waals surface area contributed by atoms with Gasteiger partial charge in [0.1, 0.15) is 5.82 Å². The van der Waals surface area contributed by atoms with Gasteiger partial charge >= 0.3 is 0 Å². The number of rotatable bonds is 2. The summed E-state index contributed by atoms with van der Waals surface area (Å²) in [5.41, 5.74) is 5.83. The maximum Gasteiger partial charge on any atom is 0.147 e. The largest absolute Gasteiger partial charge is 0.353 e. The lowest BCUT2D eigenvalue weighted by Crippen LogP contribution is -2.44. The molecule has 0 aliphatic carbocycles. The Hall–Kier alpha value is -2.50. The Morgan fingerprint density at radius 2 is 1.78 bits per heavy atom. The molecule has 4 aromatic rings. The van der Waals surface area contributed by atoms with Crippen LogP contribution in [0.5, 0.6) is 0 Å². The van der Waals surface area contributed by atoms with Crippen molar-refractivity contribution >= 4 is 38.3 Å². The minimum absolute atomic E-state index is 0.979. The van der Waals surface area contributed by atoms with Gasteiger partial charge in [0.15, 0.2) is 0 Å². The average Bonchev–Trinajstić information content (AvgIpc) is 3.14. The van der Waals surface area contributed by atoms with Gasteiger partial charge < -0.3 is 9.80 Å². The van der Waals surface area contributed by atoms with Gasteiger partial charge in [-0.05, 0) is 37.2 Å². The Balaban J connectivity index is 1.79. The Morgan fingerprint density at radius 1 is 0.963 bits per heavy atom.